The minimum Gasteiger partial charge on any atom is -0.461 e. The number of carbonyl (C=O) groups excluding carboxylic acids is 1. The fourth-order valence-electron chi connectivity index (χ4n) is 1.11. The molecule has 1 rings (SSSR count). The molecular weight excluding hydrogens is 302 g/mol. The molecule has 0 fully saturated rings. The number of carbonyl (C=O) groups is 1. The van der Waals surface area contributed by atoms with Crippen LogP contribution in [0.5, 0.6) is 0 Å². The molecule has 0 bridgehead atoms. The minimum atomic E-state index is -3.78. The fourth-order valence-corrected chi connectivity index (χ4v) is 2.08. The summed E-state index contributed by atoms with van der Waals surface area (Å²) in [6.45, 7) is 3.73. The van der Waals surface area contributed by atoms with Crippen molar-refractivity contribution in [1.29, 1.82) is 0 Å². The lowest BCUT2D eigenvalue weighted by Gasteiger charge is -2.05. The molecule has 20 heavy (non-hydrogen) atoms. The van der Waals surface area contributed by atoms with Crippen molar-refractivity contribution in [2.24, 2.45) is 5.16 Å². The molecule has 6 nitrogen and oxygen atoms in total. The molecule has 0 unspecified atom stereocenters. The summed E-state index contributed by atoms with van der Waals surface area (Å²) in [5.41, 5.74) is 1.07. The van der Waals surface area contributed by atoms with E-state index < -0.39 is 16.1 Å². The van der Waals surface area contributed by atoms with Crippen LogP contribution < -0.4 is 0 Å². The molecule has 0 heterocycles. The molecule has 1 aromatic carbocycles. The Morgan fingerprint density at radius 1 is 1.30 bits per heavy atom. The molecule has 0 aliphatic rings. The van der Waals surface area contributed by atoms with E-state index in [4.69, 9.17) is 4.74 Å². The van der Waals surface area contributed by atoms with Gasteiger partial charge in [0.15, 0.2) is 0 Å². The van der Waals surface area contributed by atoms with Crippen molar-refractivity contribution >= 4 is 32.9 Å². The highest BCUT2D eigenvalue weighted by molar-refractivity contribution is 8.15. The molecule has 0 aliphatic heterocycles. The summed E-state index contributed by atoms with van der Waals surface area (Å²) in [4.78, 5) is 12.4. The molecule has 0 amide bonds. The molecule has 0 saturated carbocycles. The smallest absolute Gasteiger partial charge is 0.367 e. The highest BCUT2D eigenvalue weighted by Gasteiger charge is 2.17. The van der Waals surface area contributed by atoms with Crippen molar-refractivity contribution in [3.05, 3.63) is 29.8 Å². The number of hydrogen-bond acceptors (Lipinski definition) is 7. The van der Waals surface area contributed by atoms with E-state index in [0.29, 0.717) is 0 Å². The van der Waals surface area contributed by atoms with Gasteiger partial charge in [-0.25, -0.2) is 4.79 Å². The molecule has 0 N–H and O–H groups in total. The second kappa shape index (κ2) is 7.30. The van der Waals surface area contributed by atoms with E-state index in [9.17, 15) is 13.2 Å². The molecule has 1 aromatic rings. The van der Waals surface area contributed by atoms with Gasteiger partial charge in [0.05, 0.1) is 12.9 Å². The minimum absolute atomic E-state index is 0.158. The number of rotatable bonds is 4. The van der Waals surface area contributed by atoms with Crippen LogP contribution in [0.15, 0.2) is 34.3 Å². The number of esters is 1. The monoisotopic (exact) mass is 317 g/mol. The first-order valence-electron chi connectivity index (χ1n) is 5.70. The molecule has 110 valence electrons. The Balaban J connectivity index is 2.92. The van der Waals surface area contributed by atoms with Gasteiger partial charge in [-0.05, 0) is 26.0 Å². The van der Waals surface area contributed by atoms with E-state index in [1.54, 1.807) is 19.1 Å². The molecular formula is C12H15NO5S2. The lowest BCUT2D eigenvalue weighted by Crippen LogP contribution is -2.15. The maximum Gasteiger partial charge on any atom is 0.367 e. The number of hydrogen-bond donors (Lipinski definition) is 0. The third kappa shape index (κ3) is 6.07. The summed E-state index contributed by atoms with van der Waals surface area (Å²) in [5, 5.41) is 3.17. The van der Waals surface area contributed by atoms with Gasteiger partial charge in [0.25, 0.3) is 0 Å². The van der Waals surface area contributed by atoms with Gasteiger partial charge < -0.3 is 4.74 Å². The first-order chi connectivity index (χ1) is 9.31. The van der Waals surface area contributed by atoms with Crippen molar-refractivity contribution in [2.45, 2.75) is 18.7 Å². The van der Waals surface area contributed by atoms with Gasteiger partial charge in [0.1, 0.15) is 0 Å². The van der Waals surface area contributed by atoms with Crippen LogP contribution in [0.4, 0.5) is 0 Å². The second-order valence-electron chi connectivity index (χ2n) is 3.81. The number of benzene rings is 1. The van der Waals surface area contributed by atoms with Gasteiger partial charge in [0.2, 0.25) is 5.04 Å². The van der Waals surface area contributed by atoms with Crippen LogP contribution in [0.25, 0.3) is 0 Å². The maximum absolute atomic E-state index is 11.7. The van der Waals surface area contributed by atoms with E-state index >= 15 is 0 Å². The van der Waals surface area contributed by atoms with Crippen LogP contribution in [0.1, 0.15) is 12.5 Å². The van der Waals surface area contributed by atoms with E-state index in [0.717, 1.165) is 28.5 Å². The highest BCUT2D eigenvalue weighted by atomic mass is 32.2. The SMILES string of the molecule is CCOC(=O)/C(=N/OS(C)(=O)=O)Sc1ccc(C)cc1. The largest absolute Gasteiger partial charge is 0.461 e. The average molecular weight is 317 g/mol. The Labute approximate surface area is 122 Å². The van der Waals surface area contributed by atoms with Gasteiger partial charge in [-0.2, -0.15) is 8.42 Å². The molecule has 0 saturated heterocycles. The number of nitrogens with zero attached hydrogens (tertiary/aromatic N) is 1. The molecule has 0 radical (unpaired) electrons. The molecule has 0 aliphatic carbocycles. The summed E-state index contributed by atoms with van der Waals surface area (Å²) in [5.74, 6) is -0.735. The van der Waals surface area contributed by atoms with Crippen LogP contribution in [0, 0.1) is 6.92 Å². The molecule has 0 atom stereocenters. The Morgan fingerprint density at radius 3 is 2.40 bits per heavy atom. The topological polar surface area (TPSA) is 82.0 Å². The Bertz CT molecular complexity index is 593. The van der Waals surface area contributed by atoms with Crippen molar-refractivity contribution < 1.29 is 22.2 Å². The van der Waals surface area contributed by atoms with Crippen LogP contribution in [-0.4, -0.2) is 32.3 Å². The van der Waals surface area contributed by atoms with Crippen molar-refractivity contribution in [3.8, 4) is 0 Å². The first-order valence-corrected chi connectivity index (χ1v) is 8.33. The Hall–Kier alpha value is -1.54. The quantitative estimate of drug-likeness (QED) is 0.277. The van der Waals surface area contributed by atoms with E-state index in [2.05, 4.69) is 9.44 Å². The number of oxime groups is 1. The summed E-state index contributed by atoms with van der Waals surface area (Å²) >= 11 is 0.972. The van der Waals surface area contributed by atoms with Crippen LogP contribution in [-0.2, 0) is 23.9 Å². The zero-order valence-corrected chi connectivity index (χ0v) is 13.0. The normalized spacial score (nSPS) is 12.1. The summed E-state index contributed by atoms with van der Waals surface area (Å²) in [6.07, 6.45) is 0.843. The third-order valence-corrected chi connectivity index (χ3v) is 3.23. The van der Waals surface area contributed by atoms with Gasteiger partial charge in [-0.3, -0.25) is 4.28 Å². The lowest BCUT2D eigenvalue weighted by atomic mass is 10.2. The fraction of sp³-hybridized carbons (Fsp3) is 0.333. The van der Waals surface area contributed by atoms with E-state index in [1.807, 2.05) is 19.1 Å². The van der Waals surface area contributed by atoms with E-state index in [-0.39, 0.29) is 11.7 Å². The van der Waals surface area contributed by atoms with Gasteiger partial charge >= 0.3 is 16.1 Å². The van der Waals surface area contributed by atoms with Gasteiger partial charge in [-0.15, -0.1) is 0 Å². The highest BCUT2D eigenvalue weighted by Crippen LogP contribution is 2.21. The summed E-state index contributed by atoms with van der Waals surface area (Å²) in [7, 11) is -3.78. The predicted octanol–water partition coefficient (Wildman–Crippen LogP) is 1.94. The summed E-state index contributed by atoms with van der Waals surface area (Å²) in [6, 6.07) is 7.30. The standard InChI is InChI=1S/C12H15NO5S2/c1-4-17-12(14)11(13-18-20(3,15)16)19-10-7-5-9(2)6-8-10/h5-8H,4H2,1-3H3/b13-11-. The first kappa shape index (κ1) is 16.5. The zero-order valence-electron chi connectivity index (χ0n) is 11.3. The van der Waals surface area contributed by atoms with Gasteiger partial charge in [0, 0.05) is 4.90 Å². The van der Waals surface area contributed by atoms with Gasteiger partial charge in [-0.1, -0.05) is 34.6 Å². The molecule has 8 heteroatoms. The Morgan fingerprint density at radius 2 is 1.90 bits per heavy atom. The van der Waals surface area contributed by atoms with Crippen LogP contribution in [0.2, 0.25) is 0 Å². The number of thioether (sulfide) groups is 1. The van der Waals surface area contributed by atoms with Crippen molar-refractivity contribution in [3.63, 3.8) is 0 Å². The second-order valence-corrected chi connectivity index (χ2v) is 6.43. The Kier molecular flexibility index (Phi) is 6.03. The van der Waals surface area contributed by atoms with Crippen LogP contribution in [0.3, 0.4) is 0 Å². The van der Waals surface area contributed by atoms with Crippen molar-refractivity contribution in [2.75, 3.05) is 12.9 Å². The molecule has 0 spiro atoms. The summed E-state index contributed by atoms with van der Waals surface area (Å²) < 4.78 is 30.9. The molecule has 0 aromatic heterocycles. The predicted molar refractivity (Wildman–Crippen MR) is 77.0 cm³/mol. The third-order valence-electron chi connectivity index (χ3n) is 1.94. The van der Waals surface area contributed by atoms with Crippen LogP contribution >= 0.6 is 11.8 Å². The average Bonchev–Trinajstić information content (AvgIpc) is 2.36. The number of ether oxygens (including phenoxy) is 1. The van der Waals surface area contributed by atoms with Crippen molar-refractivity contribution in [1.82, 2.24) is 0 Å². The van der Waals surface area contributed by atoms with E-state index in [1.165, 1.54) is 0 Å². The number of aryl methyl sites for hydroxylation is 1. The maximum atomic E-state index is 11.7. The zero-order chi connectivity index (χ0) is 15.2. The lowest BCUT2D eigenvalue weighted by molar-refractivity contribution is -0.134.